The van der Waals surface area contributed by atoms with Gasteiger partial charge in [-0.1, -0.05) is 81.7 Å². The minimum absolute atomic E-state index is 0. The van der Waals surface area contributed by atoms with Crippen molar-refractivity contribution >= 4 is 0 Å². The molecule has 1 aromatic carbocycles. The Hall–Kier alpha value is -0.237. The number of rotatable bonds is 3. The van der Waals surface area contributed by atoms with E-state index in [1.807, 2.05) is 70.9 Å². The Kier molecular flexibility index (Phi) is 27.6. The molecule has 2 rings (SSSR count). The van der Waals surface area contributed by atoms with Gasteiger partial charge >= 0.3 is 19.5 Å². The van der Waals surface area contributed by atoms with Crippen molar-refractivity contribution in [2.75, 3.05) is 0 Å². The Morgan fingerprint density at radius 3 is 1.37 bits per heavy atom. The van der Waals surface area contributed by atoms with Gasteiger partial charge in [0.25, 0.3) is 0 Å². The van der Waals surface area contributed by atoms with Crippen LogP contribution in [0.15, 0.2) is 30.3 Å². The smallest absolute Gasteiger partial charge is 0.393 e. The Balaban J connectivity index is -0.000000160. The van der Waals surface area contributed by atoms with Crippen LogP contribution < -0.4 is 0 Å². The predicted octanol–water partition coefficient (Wildman–Crippen LogP) is 7.32. The molecule has 2 nitrogen and oxygen atoms in total. The SMILES string of the molecule is C1CCCCCCC1.CC(O)CC(O)c1ccccc1.C[CH-]C.C[CH-]C.[2H][2H].[Rh+2]. The van der Waals surface area contributed by atoms with Gasteiger partial charge < -0.3 is 23.1 Å². The fourth-order valence-corrected chi connectivity index (χ4v) is 2.55. The van der Waals surface area contributed by atoms with Crippen molar-refractivity contribution in [2.45, 2.75) is 105 Å². The monoisotopic (exact) mass is 471 g/mol. The molecule has 1 aliphatic carbocycles. The first kappa shape index (κ1) is 29.0. The van der Waals surface area contributed by atoms with Crippen molar-refractivity contribution in [3.63, 3.8) is 0 Å². The molecule has 1 fully saturated rings. The molecule has 1 aromatic rings. The molecular weight excluding hydrogens is 423 g/mol. The molecule has 1 aliphatic rings. The fourth-order valence-electron chi connectivity index (χ4n) is 2.55. The van der Waals surface area contributed by atoms with Crippen LogP contribution >= 0.6 is 0 Å². The average molecular weight is 472 g/mol. The first-order chi connectivity index (χ1) is 13.5. The first-order valence-corrected chi connectivity index (χ1v) is 10.4. The van der Waals surface area contributed by atoms with Crippen molar-refractivity contribution in [2.24, 2.45) is 0 Å². The van der Waals surface area contributed by atoms with Crippen molar-refractivity contribution in [3.05, 3.63) is 48.7 Å². The quantitative estimate of drug-likeness (QED) is 0.358. The van der Waals surface area contributed by atoms with Crippen molar-refractivity contribution < 1.29 is 32.7 Å². The van der Waals surface area contributed by atoms with E-state index in [0.29, 0.717) is 6.42 Å². The zero-order valence-electron chi connectivity index (χ0n) is 20.3. The molecule has 2 N–H and O–H groups in total. The van der Waals surface area contributed by atoms with Gasteiger partial charge in [-0.25, -0.2) is 0 Å². The number of benzene rings is 1. The Morgan fingerprint density at radius 1 is 0.815 bits per heavy atom. The van der Waals surface area contributed by atoms with Gasteiger partial charge in [0.15, 0.2) is 0 Å². The summed E-state index contributed by atoms with van der Waals surface area (Å²) in [6.45, 7) is 9.67. The molecule has 0 spiro atoms. The number of hydrogen-bond acceptors (Lipinski definition) is 2. The molecule has 2 atom stereocenters. The Bertz CT molecular complexity index is 339. The summed E-state index contributed by atoms with van der Waals surface area (Å²) >= 11 is 0. The summed E-state index contributed by atoms with van der Waals surface area (Å²) in [6, 6.07) is 9.36. The van der Waals surface area contributed by atoms with Gasteiger partial charge in [-0.15, -0.1) is 0 Å². The number of aliphatic hydroxyl groups excluding tert-OH is 2. The maximum Gasteiger partial charge on any atom is 2.00 e. The van der Waals surface area contributed by atoms with Crippen LogP contribution in [0.5, 0.6) is 0 Å². The Labute approximate surface area is 186 Å². The third kappa shape index (κ3) is 25.8. The van der Waals surface area contributed by atoms with E-state index >= 15 is 0 Å². The molecule has 0 bridgehead atoms. The van der Waals surface area contributed by atoms with Crippen LogP contribution in [0.4, 0.5) is 0 Å². The van der Waals surface area contributed by atoms with Crippen LogP contribution in [-0.2, 0) is 19.5 Å². The zero-order valence-corrected chi connectivity index (χ0v) is 19.9. The average Bonchev–Trinajstić information content (AvgIpc) is 2.65. The zero-order chi connectivity index (χ0) is 22.0. The van der Waals surface area contributed by atoms with E-state index in [2.05, 4.69) is 0 Å². The summed E-state index contributed by atoms with van der Waals surface area (Å²) in [7, 11) is 0. The van der Waals surface area contributed by atoms with E-state index in [4.69, 9.17) is 8.08 Å². The largest absolute Gasteiger partial charge is 2.00 e. The summed E-state index contributed by atoms with van der Waals surface area (Å²) in [5.41, 5.74) is 0.860. The van der Waals surface area contributed by atoms with Gasteiger partial charge in [0.1, 0.15) is 0 Å². The normalized spacial score (nSPS) is 15.7. The molecule has 0 heterocycles. The summed E-state index contributed by atoms with van der Waals surface area (Å²) in [4.78, 5) is 0. The molecule has 2 unspecified atom stereocenters. The van der Waals surface area contributed by atoms with Gasteiger partial charge in [-0.05, 0) is 12.5 Å². The summed E-state index contributed by atoms with van der Waals surface area (Å²) in [5, 5.41) is 18.6. The third-order valence-electron chi connectivity index (χ3n) is 3.75. The second kappa shape index (κ2) is 25.8. The summed E-state index contributed by atoms with van der Waals surface area (Å²) in [5.74, 6) is 0. The van der Waals surface area contributed by atoms with E-state index < -0.39 is 12.2 Å². The maximum atomic E-state index is 9.53. The number of aliphatic hydroxyl groups is 2. The van der Waals surface area contributed by atoms with Gasteiger partial charge in [0, 0.05) is 9.39 Å². The molecule has 0 aromatic heterocycles. The van der Waals surface area contributed by atoms with E-state index in [-0.39, 0.29) is 19.5 Å². The number of hydrogen-bond donors (Lipinski definition) is 2. The summed E-state index contributed by atoms with van der Waals surface area (Å²) < 4.78 is 10.0. The van der Waals surface area contributed by atoms with E-state index in [0.717, 1.165) is 5.56 Å². The molecular formula is C24H46O2Rh. The predicted molar refractivity (Wildman–Crippen MR) is 118 cm³/mol. The second-order valence-corrected chi connectivity index (χ2v) is 6.99. The van der Waals surface area contributed by atoms with Crippen LogP contribution in [0.25, 0.3) is 0 Å². The molecule has 1 saturated carbocycles. The van der Waals surface area contributed by atoms with Gasteiger partial charge in [0.2, 0.25) is 0 Å². The first-order valence-electron chi connectivity index (χ1n) is 11.4. The van der Waals surface area contributed by atoms with Crippen LogP contribution in [0.2, 0.25) is 0 Å². The van der Waals surface area contributed by atoms with Gasteiger partial charge in [0.05, 0.1) is 12.2 Å². The third-order valence-corrected chi connectivity index (χ3v) is 3.75. The molecule has 0 saturated heterocycles. The summed E-state index contributed by atoms with van der Waals surface area (Å²) in [6.07, 6.45) is 15.4. The van der Waals surface area contributed by atoms with E-state index in [9.17, 15) is 5.11 Å². The van der Waals surface area contributed by atoms with Crippen LogP contribution in [-0.4, -0.2) is 16.3 Å². The molecule has 1 radical (unpaired) electrons. The topological polar surface area (TPSA) is 40.5 Å². The van der Waals surface area contributed by atoms with Crippen molar-refractivity contribution in [1.82, 2.24) is 0 Å². The second-order valence-electron chi connectivity index (χ2n) is 6.99. The van der Waals surface area contributed by atoms with Gasteiger partial charge in [-0.3, -0.25) is 0 Å². The standard InChI is InChI=1S/C10H14O2.C8H16.2C3H7.Rh.H2/c1-8(11)7-10(12)9-5-3-2-4-6-9;1-2-4-6-8-7-5-3-1;2*1-3-2;;/h2-6,8,10-12H,7H2,1H3;1-8H2;2*3H,1-2H3;;1H/q;;2*-1;+2;/i;;;;;1+1D. The molecule has 163 valence electrons. The molecule has 27 heavy (non-hydrogen) atoms. The van der Waals surface area contributed by atoms with E-state index in [1.54, 1.807) is 6.92 Å². The minimum Gasteiger partial charge on any atom is -0.393 e. The molecule has 0 amide bonds. The van der Waals surface area contributed by atoms with E-state index in [1.165, 1.54) is 51.4 Å². The van der Waals surface area contributed by atoms with Crippen molar-refractivity contribution in [1.29, 1.82) is 0 Å². The maximum absolute atomic E-state index is 9.53. The molecule has 0 aliphatic heterocycles. The van der Waals surface area contributed by atoms with Crippen LogP contribution in [0, 0.1) is 12.8 Å². The van der Waals surface area contributed by atoms with Crippen LogP contribution in [0.1, 0.15) is 107 Å². The molecule has 3 heteroatoms. The van der Waals surface area contributed by atoms with Crippen molar-refractivity contribution in [3.8, 4) is 0 Å². The minimum atomic E-state index is -0.550. The van der Waals surface area contributed by atoms with Gasteiger partial charge in [-0.2, -0.15) is 27.7 Å². The van der Waals surface area contributed by atoms with Crippen LogP contribution in [0.3, 0.4) is 0 Å². The fraction of sp³-hybridized carbons (Fsp3) is 0.667. The Morgan fingerprint density at radius 2 is 1.11 bits per heavy atom.